The van der Waals surface area contributed by atoms with E-state index in [4.69, 9.17) is 9.31 Å². The summed E-state index contributed by atoms with van der Waals surface area (Å²) < 4.78 is 12.1. The zero-order valence-electron chi connectivity index (χ0n) is 14.1. The van der Waals surface area contributed by atoms with Crippen LogP contribution in [0.15, 0.2) is 29.4 Å². The predicted molar refractivity (Wildman–Crippen MR) is 88.3 cm³/mol. The molecule has 0 unspecified atom stereocenters. The van der Waals surface area contributed by atoms with Gasteiger partial charge in [-0.2, -0.15) is 4.91 Å². The van der Waals surface area contributed by atoms with Crippen LogP contribution in [0.25, 0.3) is 0 Å². The smallest absolute Gasteiger partial charge is 0.399 e. The van der Waals surface area contributed by atoms with Gasteiger partial charge in [-0.3, -0.25) is 0 Å². The van der Waals surface area contributed by atoms with Gasteiger partial charge in [0, 0.05) is 0 Å². The SMILES string of the molecule is CC1(N=O)CC(c2ccc(B3OC(C)(C)C(C)(C)O3)cc2)C1. The van der Waals surface area contributed by atoms with Crippen molar-refractivity contribution in [3.63, 3.8) is 0 Å². The first kappa shape index (κ1) is 15.7. The van der Waals surface area contributed by atoms with Gasteiger partial charge < -0.3 is 9.31 Å². The largest absolute Gasteiger partial charge is 0.494 e. The van der Waals surface area contributed by atoms with E-state index in [0.717, 1.165) is 18.3 Å². The zero-order valence-corrected chi connectivity index (χ0v) is 14.1. The van der Waals surface area contributed by atoms with E-state index in [2.05, 4.69) is 57.1 Å². The summed E-state index contributed by atoms with van der Waals surface area (Å²) in [4.78, 5) is 10.8. The maximum atomic E-state index is 10.8. The van der Waals surface area contributed by atoms with Crippen LogP contribution >= 0.6 is 0 Å². The molecule has 0 N–H and O–H groups in total. The highest BCUT2D eigenvalue weighted by Gasteiger charge is 2.51. The van der Waals surface area contributed by atoms with Crippen molar-refractivity contribution >= 4 is 12.6 Å². The topological polar surface area (TPSA) is 47.9 Å². The molecular weight excluding hydrogens is 277 g/mol. The van der Waals surface area contributed by atoms with Crippen LogP contribution in [0.5, 0.6) is 0 Å². The molecule has 5 heteroatoms. The van der Waals surface area contributed by atoms with E-state index in [1.165, 1.54) is 5.56 Å². The van der Waals surface area contributed by atoms with Crippen molar-refractivity contribution in [2.75, 3.05) is 0 Å². The van der Waals surface area contributed by atoms with Crippen LogP contribution in [0.1, 0.15) is 58.9 Å². The van der Waals surface area contributed by atoms with Crippen molar-refractivity contribution in [2.24, 2.45) is 5.18 Å². The summed E-state index contributed by atoms with van der Waals surface area (Å²) in [7, 11) is -0.317. The molecule has 1 heterocycles. The van der Waals surface area contributed by atoms with E-state index in [0.29, 0.717) is 5.92 Å². The molecule has 118 valence electrons. The fraction of sp³-hybridized carbons (Fsp3) is 0.647. The van der Waals surface area contributed by atoms with E-state index < -0.39 is 0 Å². The first-order valence-electron chi connectivity index (χ1n) is 7.96. The number of benzene rings is 1. The second kappa shape index (κ2) is 4.90. The van der Waals surface area contributed by atoms with Gasteiger partial charge in [0.15, 0.2) is 0 Å². The molecule has 1 saturated carbocycles. The van der Waals surface area contributed by atoms with Crippen LogP contribution in [0.4, 0.5) is 0 Å². The number of hydrogen-bond donors (Lipinski definition) is 0. The average molecular weight is 301 g/mol. The fourth-order valence-corrected chi connectivity index (χ4v) is 3.22. The second-order valence-corrected chi connectivity index (χ2v) is 7.95. The Morgan fingerprint density at radius 3 is 1.95 bits per heavy atom. The number of rotatable bonds is 3. The third kappa shape index (κ3) is 2.50. The molecule has 22 heavy (non-hydrogen) atoms. The average Bonchev–Trinajstić information content (AvgIpc) is 2.64. The monoisotopic (exact) mass is 301 g/mol. The summed E-state index contributed by atoms with van der Waals surface area (Å²) in [5.74, 6) is 0.440. The maximum absolute atomic E-state index is 10.8. The molecule has 1 aliphatic heterocycles. The lowest BCUT2D eigenvalue weighted by Crippen LogP contribution is -2.41. The molecule has 0 atom stereocenters. The second-order valence-electron chi connectivity index (χ2n) is 7.95. The van der Waals surface area contributed by atoms with Crippen molar-refractivity contribution < 1.29 is 9.31 Å². The number of hydrogen-bond acceptors (Lipinski definition) is 4. The Balaban J connectivity index is 1.70. The van der Waals surface area contributed by atoms with E-state index in [1.54, 1.807) is 0 Å². The zero-order chi connectivity index (χ0) is 16.2. The lowest BCUT2D eigenvalue weighted by Gasteiger charge is -2.39. The minimum absolute atomic E-state index is 0.317. The van der Waals surface area contributed by atoms with Crippen molar-refractivity contribution in [3.05, 3.63) is 34.7 Å². The van der Waals surface area contributed by atoms with E-state index in [1.807, 2.05) is 6.92 Å². The third-order valence-electron chi connectivity index (χ3n) is 5.53. The maximum Gasteiger partial charge on any atom is 0.494 e. The Morgan fingerprint density at radius 1 is 1.00 bits per heavy atom. The van der Waals surface area contributed by atoms with E-state index in [9.17, 15) is 4.91 Å². The van der Waals surface area contributed by atoms with Gasteiger partial charge in [-0.25, -0.2) is 0 Å². The Kier molecular flexibility index (Phi) is 3.50. The highest BCUT2D eigenvalue weighted by Crippen LogP contribution is 2.46. The van der Waals surface area contributed by atoms with Crippen molar-refractivity contribution in [2.45, 2.75) is 70.1 Å². The summed E-state index contributed by atoms with van der Waals surface area (Å²) in [5, 5.41) is 3.22. The lowest BCUT2D eigenvalue weighted by atomic mass is 9.66. The van der Waals surface area contributed by atoms with Gasteiger partial charge in [-0.15, -0.1) is 0 Å². The molecule has 0 bridgehead atoms. The van der Waals surface area contributed by atoms with Gasteiger partial charge in [0.05, 0.1) is 11.2 Å². The van der Waals surface area contributed by atoms with Crippen LogP contribution in [-0.4, -0.2) is 23.9 Å². The molecule has 2 aliphatic rings. The van der Waals surface area contributed by atoms with Crippen molar-refractivity contribution in [3.8, 4) is 0 Å². The van der Waals surface area contributed by atoms with Crippen LogP contribution in [0.3, 0.4) is 0 Å². The van der Waals surface area contributed by atoms with Gasteiger partial charge in [-0.05, 0) is 64.4 Å². The molecule has 1 aliphatic carbocycles. The summed E-state index contributed by atoms with van der Waals surface area (Å²) in [6.07, 6.45) is 1.68. The molecule has 0 radical (unpaired) electrons. The first-order chi connectivity index (χ1) is 10.2. The highest BCUT2D eigenvalue weighted by atomic mass is 16.7. The molecule has 4 nitrogen and oxygen atoms in total. The molecular formula is C17H24BNO3. The summed E-state index contributed by atoms with van der Waals surface area (Å²) in [6.45, 7) is 10.2. The van der Waals surface area contributed by atoms with Crippen molar-refractivity contribution in [1.29, 1.82) is 0 Å². The Bertz CT molecular complexity index is 560. The van der Waals surface area contributed by atoms with Crippen LogP contribution in [-0.2, 0) is 9.31 Å². The Morgan fingerprint density at radius 2 is 1.50 bits per heavy atom. The van der Waals surface area contributed by atoms with Gasteiger partial charge in [0.25, 0.3) is 0 Å². The molecule has 0 aromatic heterocycles. The van der Waals surface area contributed by atoms with Crippen LogP contribution in [0, 0.1) is 4.91 Å². The first-order valence-corrected chi connectivity index (χ1v) is 7.96. The van der Waals surface area contributed by atoms with Gasteiger partial charge in [0.2, 0.25) is 0 Å². The van der Waals surface area contributed by atoms with Crippen LogP contribution in [0.2, 0.25) is 0 Å². The summed E-state index contributed by atoms with van der Waals surface area (Å²) >= 11 is 0. The normalized spacial score (nSPS) is 32.6. The molecule has 1 aromatic carbocycles. The quantitative estimate of drug-likeness (QED) is 0.635. The minimum atomic E-state index is -0.366. The third-order valence-corrected chi connectivity index (χ3v) is 5.53. The summed E-state index contributed by atoms with van der Waals surface area (Å²) in [6, 6.07) is 8.38. The fourth-order valence-electron chi connectivity index (χ4n) is 3.22. The molecule has 1 aromatic rings. The molecule has 1 saturated heterocycles. The molecule has 0 spiro atoms. The van der Waals surface area contributed by atoms with Gasteiger partial charge in [0.1, 0.15) is 5.54 Å². The standard InChI is InChI=1S/C17H24BNO3/c1-15(2)16(3,4)22-18(21-15)14-8-6-12(7-9-14)13-10-17(5,11-13)19-20/h6-9,13H,10-11H2,1-5H3. The highest BCUT2D eigenvalue weighted by molar-refractivity contribution is 6.62. The number of nitroso groups, excluding NO2 is 1. The van der Waals surface area contributed by atoms with Gasteiger partial charge in [-0.1, -0.05) is 29.4 Å². The molecule has 0 amide bonds. The molecule has 3 rings (SSSR count). The number of nitrogens with zero attached hydrogens (tertiary/aromatic N) is 1. The van der Waals surface area contributed by atoms with Gasteiger partial charge >= 0.3 is 7.12 Å². The van der Waals surface area contributed by atoms with Crippen molar-refractivity contribution in [1.82, 2.24) is 0 Å². The predicted octanol–water partition coefficient (Wildman–Crippen LogP) is 3.39. The van der Waals surface area contributed by atoms with Crippen LogP contribution < -0.4 is 5.46 Å². The molecule has 2 fully saturated rings. The van der Waals surface area contributed by atoms with E-state index in [-0.39, 0.29) is 23.9 Å². The summed E-state index contributed by atoms with van der Waals surface area (Å²) in [5.41, 5.74) is 1.30. The Labute approximate surface area is 132 Å². The Hall–Kier alpha value is -1.20. The van der Waals surface area contributed by atoms with E-state index >= 15 is 0 Å². The minimum Gasteiger partial charge on any atom is -0.399 e. The lowest BCUT2D eigenvalue weighted by molar-refractivity contribution is 0.00578.